The molecular weight excluding hydrogens is 356 g/mol. The zero-order valence-electron chi connectivity index (χ0n) is 20.5. The Hall–Kier alpha value is -0.530. The highest BCUT2D eigenvalue weighted by Gasteiger charge is 2.02. The van der Waals surface area contributed by atoms with Crippen molar-refractivity contribution in [3.63, 3.8) is 0 Å². The van der Waals surface area contributed by atoms with Gasteiger partial charge in [0.25, 0.3) is 0 Å². The zero-order valence-corrected chi connectivity index (χ0v) is 20.5. The molecule has 0 spiro atoms. The highest BCUT2D eigenvalue weighted by atomic mass is 16.5. The third kappa shape index (κ3) is 25.4. The van der Waals surface area contributed by atoms with Gasteiger partial charge in [0.2, 0.25) is 0 Å². The van der Waals surface area contributed by atoms with Gasteiger partial charge in [0.1, 0.15) is 0 Å². The standard InChI is InChI=1S/C27H54O2/c1-4-5-6-7-8-11-15-18-21-24-27(28)29-25-22-19-16-13-10-9-12-14-17-20-23-26(2)3/h26H,4-25H2,1-3H3. The number of carbonyl (C=O) groups is 1. The Morgan fingerprint density at radius 3 is 1.48 bits per heavy atom. The lowest BCUT2D eigenvalue weighted by Crippen LogP contribution is -2.05. The van der Waals surface area contributed by atoms with Crippen molar-refractivity contribution in [2.45, 2.75) is 156 Å². The maximum atomic E-state index is 11.7. The smallest absolute Gasteiger partial charge is 0.305 e. The quantitative estimate of drug-likeness (QED) is 0.124. The van der Waals surface area contributed by atoms with Gasteiger partial charge in [-0.15, -0.1) is 0 Å². The molecule has 174 valence electrons. The van der Waals surface area contributed by atoms with E-state index in [1.807, 2.05) is 0 Å². The van der Waals surface area contributed by atoms with Crippen molar-refractivity contribution >= 4 is 5.97 Å². The summed E-state index contributed by atoms with van der Waals surface area (Å²) in [5, 5.41) is 0. The van der Waals surface area contributed by atoms with E-state index >= 15 is 0 Å². The minimum absolute atomic E-state index is 0.0189. The van der Waals surface area contributed by atoms with Crippen LogP contribution in [0.2, 0.25) is 0 Å². The van der Waals surface area contributed by atoms with E-state index in [4.69, 9.17) is 4.74 Å². The molecule has 29 heavy (non-hydrogen) atoms. The van der Waals surface area contributed by atoms with Gasteiger partial charge in [-0.3, -0.25) is 4.79 Å². The molecule has 0 aliphatic rings. The summed E-state index contributed by atoms with van der Waals surface area (Å²) in [6.45, 7) is 7.53. The van der Waals surface area contributed by atoms with E-state index in [1.54, 1.807) is 0 Å². The van der Waals surface area contributed by atoms with Gasteiger partial charge in [-0.05, 0) is 18.8 Å². The number of esters is 1. The number of rotatable bonds is 23. The van der Waals surface area contributed by atoms with Crippen LogP contribution in [0.1, 0.15) is 156 Å². The van der Waals surface area contributed by atoms with Gasteiger partial charge < -0.3 is 4.74 Å². The lowest BCUT2D eigenvalue weighted by Gasteiger charge is -2.06. The van der Waals surface area contributed by atoms with Gasteiger partial charge in [0.05, 0.1) is 6.61 Å². The lowest BCUT2D eigenvalue weighted by atomic mass is 10.0. The predicted molar refractivity (Wildman–Crippen MR) is 128 cm³/mol. The highest BCUT2D eigenvalue weighted by Crippen LogP contribution is 2.14. The first-order valence-electron chi connectivity index (χ1n) is 13.3. The van der Waals surface area contributed by atoms with Crippen LogP contribution >= 0.6 is 0 Å². The van der Waals surface area contributed by atoms with Crippen molar-refractivity contribution in [3.05, 3.63) is 0 Å². The number of ether oxygens (including phenoxy) is 1. The first-order chi connectivity index (χ1) is 14.2. The highest BCUT2D eigenvalue weighted by molar-refractivity contribution is 5.69. The molecule has 2 heteroatoms. The van der Waals surface area contributed by atoms with Gasteiger partial charge in [0, 0.05) is 6.42 Å². The average molecular weight is 411 g/mol. The molecule has 0 saturated heterocycles. The van der Waals surface area contributed by atoms with E-state index in [1.165, 1.54) is 116 Å². The van der Waals surface area contributed by atoms with Crippen LogP contribution < -0.4 is 0 Å². The second kappa shape index (κ2) is 23.7. The normalized spacial score (nSPS) is 11.3. The van der Waals surface area contributed by atoms with Crippen LogP contribution in [-0.2, 0) is 9.53 Å². The number of unbranched alkanes of at least 4 members (excludes halogenated alkanes) is 17. The Morgan fingerprint density at radius 1 is 0.586 bits per heavy atom. The average Bonchev–Trinajstić information content (AvgIpc) is 2.70. The van der Waals surface area contributed by atoms with Gasteiger partial charge in [-0.25, -0.2) is 0 Å². The summed E-state index contributed by atoms with van der Waals surface area (Å²) in [5.41, 5.74) is 0. The topological polar surface area (TPSA) is 26.3 Å². The molecule has 0 N–H and O–H groups in total. The SMILES string of the molecule is CCCCCCCCCCCC(=O)OCCCCCCCCCCCCC(C)C. The summed E-state index contributed by atoms with van der Waals surface area (Å²) < 4.78 is 5.37. The van der Waals surface area contributed by atoms with E-state index in [2.05, 4.69) is 20.8 Å². The third-order valence-corrected chi connectivity index (χ3v) is 5.92. The summed E-state index contributed by atoms with van der Waals surface area (Å²) in [7, 11) is 0. The summed E-state index contributed by atoms with van der Waals surface area (Å²) in [6.07, 6.45) is 27.0. The molecule has 0 bridgehead atoms. The molecule has 0 aromatic heterocycles. The van der Waals surface area contributed by atoms with Crippen LogP contribution in [0.4, 0.5) is 0 Å². The summed E-state index contributed by atoms with van der Waals surface area (Å²) in [6, 6.07) is 0. The number of carbonyl (C=O) groups excluding carboxylic acids is 1. The maximum Gasteiger partial charge on any atom is 0.305 e. The van der Waals surface area contributed by atoms with E-state index < -0.39 is 0 Å². The molecule has 0 unspecified atom stereocenters. The Bertz CT molecular complexity index is 324. The van der Waals surface area contributed by atoms with Crippen molar-refractivity contribution in [2.24, 2.45) is 5.92 Å². The van der Waals surface area contributed by atoms with Gasteiger partial charge >= 0.3 is 5.97 Å². The Kier molecular flexibility index (Phi) is 23.3. The number of hydrogen-bond acceptors (Lipinski definition) is 2. The van der Waals surface area contributed by atoms with Crippen molar-refractivity contribution < 1.29 is 9.53 Å². The Balaban J connectivity index is 3.14. The molecule has 0 aromatic carbocycles. The van der Waals surface area contributed by atoms with Crippen LogP contribution in [0, 0.1) is 5.92 Å². The summed E-state index contributed by atoms with van der Waals surface area (Å²) in [5.74, 6) is 0.884. The molecule has 0 saturated carbocycles. The molecular formula is C27H54O2. The Morgan fingerprint density at radius 2 is 1.00 bits per heavy atom. The molecule has 0 aliphatic heterocycles. The largest absolute Gasteiger partial charge is 0.466 e. The van der Waals surface area contributed by atoms with E-state index in [0.29, 0.717) is 13.0 Å². The predicted octanol–water partition coefficient (Wildman–Crippen LogP) is 9.40. The third-order valence-electron chi connectivity index (χ3n) is 5.92. The minimum Gasteiger partial charge on any atom is -0.466 e. The second-order valence-corrected chi connectivity index (χ2v) is 9.52. The second-order valence-electron chi connectivity index (χ2n) is 9.52. The molecule has 2 nitrogen and oxygen atoms in total. The monoisotopic (exact) mass is 410 g/mol. The van der Waals surface area contributed by atoms with Gasteiger partial charge in [-0.1, -0.05) is 136 Å². The fraction of sp³-hybridized carbons (Fsp3) is 0.963. The summed E-state index contributed by atoms with van der Waals surface area (Å²) >= 11 is 0. The van der Waals surface area contributed by atoms with E-state index in [-0.39, 0.29) is 5.97 Å². The van der Waals surface area contributed by atoms with Crippen molar-refractivity contribution in [3.8, 4) is 0 Å². The van der Waals surface area contributed by atoms with Crippen LogP contribution in [-0.4, -0.2) is 12.6 Å². The number of hydrogen-bond donors (Lipinski definition) is 0. The summed E-state index contributed by atoms with van der Waals surface area (Å²) in [4.78, 5) is 11.7. The lowest BCUT2D eigenvalue weighted by molar-refractivity contribution is -0.143. The molecule has 0 atom stereocenters. The maximum absolute atomic E-state index is 11.7. The van der Waals surface area contributed by atoms with Gasteiger partial charge in [0.15, 0.2) is 0 Å². The fourth-order valence-electron chi connectivity index (χ4n) is 3.91. The first kappa shape index (κ1) is 28.5. The van der Waals surface area contributed by atoms with E-state index in [0.717, 1.165) is 18.8 Å². The first-order valence-corrected chi connectivity index (χ1v) is 13.3. The molecule has 0 aliphatic carbocycles. The van der Waals surface area contributed by atoms with E-state index in [9.17, 15) is 4.79 Å². The van der Waals surface area contributed by atoms with Crippen molar-refractivity contribution in [1.29, 1.82) is 0 Å². The van der Waals surface area contributed by atoms with Gasteiger partial charge in [-0.2, -0.15) is 0 Å². The molecule has 0 rings (SSSR count). The van der Waals surface area contributed by atoms with Crippen molar-refractivity contribution in [2.75, 3.05) is 6.61 Å². The van der Waals surface area contributed by atoms with Crippen molar-refractivity contribution in [1.82, 2.24) is 0 Å². The van der Waals surface area contributed by atoms with Crippen LogP contribution in [0.15, 0.2) is 0 Å². The van der Waals surface area contributed by atoms with Crippen LogP contribution in [0.3, 0.4) is 0 Å². The molecule has 0 amide bonds. The Labute approximate surface area is 184 Å². The molecule has 0 aromatic rings. The molecule has 0 heterocycles. The molecule has 0 fully saturated rings. The molecule has 0 radical (unpaired) electrons. The zero-order chi connectivity index (χ0) is 21.4. The minimum atomic E-state index is 0.0189. The van der Waals surface area contributed by atoms with Crippen LogP contribution in [0.5, 0.6) is 0 Å². The van der Waals surface area contributed by atoms with Crippen LogP contribution in [0.25, 0.3) is 0 Å². The fourth-order valence-corrected chi connectivity index (χ4v) is 3.91.